The number of hydrogen-bond donors (Lipinski definition) is 1. The van der Waals surface area contributed by atoms with Crippen LogP contribution in [0, 0.1) is 5.82 Å². The second-order valence-corrected chi connectivity index (χ2v) is 5.08. The summed E-state index contributed by atoms with van der Waals surface area (Å²) in [5.41, 5.74) is 3.20. The third-order valence-electron chi connectivity index (χ3n) is 3.76. The van der Waals surface area contributed by atoms with Crippen molar-refractivity contribution in [1.82, 2.24) is 5.32 Å². The van der Waals surface area contributed by atoms with E-state index in [2.05, 4.69) is 5.32 Å². The smallest absolute Gasteiger partial charge is 0.196 e. The third-order valence-corrected chi connectivity index (χ3v) is 3.76. The Morgan fingerprint density at radius 3 is 2.86 bits per heavy atom. The van der Waals surface area contributed by atoms with Crippen molar-refractivity contribution in [2.75, 3.05) is 13.7 Å². The Labute approximate surface area is 122 Å². The standard InChI is InChI=1S/C17H16FNO2/c1-21-16-5-4-14(18)9-15(16)17(20)12-3-2-11-6-7-19-10-13(11)8-12/h2-5,8-9,19H,6-7,10H2,1H3. The van der Waals surface area contributed by atoms with Gasteiger partial charge in [-0.2, -0.15) is 0 Å². The van der Waals surface area contributed by atoms with Gasteiger partial charge in [0.1, 0.15) is 11.6 Å². The lowest BCUT2D eigenvalue weighted by Gasteiger charge is -2.17. The number of hydrogen-bond acceptors (Lipinski definition) is 3. The first kappa shape index (κ1) is 13.8. The number of benzene rings is 2. The third kappa shape index (κ3) is 2.67. The summed E-state index contributed by atoms with van der Waals surface area (Å²) in [4.78, 5) is 12.6. The zero-order chi connectivity index (χ0) is 14.8. The zero-order valence-corrected chi connectivity index (χ0v) is 11.8. The molecule has 1 N–H and O–H groups in total. The number of nitrogens with one attached hydrogen (secondary N) is 1. The normalized spacial score (nSPS) is 13.6. The average Bonchev–Trinajstić information content (AvgIpc) is 2.53. The Morgan fingerprint density at radius 2 is 2.05 bits per heavy atom. The van der Waals surface area contributed by atoms with Crippen molar-refractivity contribution in [2.45, 2.75) is 13.0 Å². The Bertz CT molecular complexity index is 697. The minimum Gasteiger partial charge on any atom is -0.496 e. The predicted octanol–water partition coefficient (Wildman–Crippen LogP) is 2.71. The monoisotopic (exact) mass is 285 g/mol. The van der Waals surface area contributed by atoms with E-state index in [1.807, 2.05) is 12.1 Å². The van der Waals surface area contributed by atoms with Gasteiger partial charge in [0.05, 0.1) is 12.7 Å². The van der Waals surface area contributed by atoms with Gasteiger partial charge in [0.2, 0.25) is 0 Å². The Hall–Kier alpha value is -2.20. The lowest BCUT2D eigenvalue weighted by Crippen LogP contribution is -2.23. The molecule has 0 saturated heterocycles. The second-order valence-electron chi connectivity index (χ2n) is 5.08. The van der Waals surface area contributed by atoms with E-state index >= 15 is 0 Å². The van der Waals surface area contributed by atoms with Gasteiger partial charge in [-0.1, -0.05) is 12.1 Å². The molecule has 0 atom stereocenters. The number of ketones is 1. The molecule has 0 aliphatic carbocycles. The minimum absolute atomic E-state index is 0.222. The maximum absolute atomic E-state index is 13.4. The lowest BCUT2D eigenvalue weighted by molar-refractivity contribution is 0.103. The second kappa shape index (κ2) is 5.66. The highest BCUT2D eigenvalue weighted by Crippen LogP contribution is 2.24. The summed E-state index contributed by atoms with van der Waals surface area (Å²) in [6, 6.07) is 9.65. The fraction of sp³-hybridized carbons (Fsp3) is 0.235. The number of carbonyl (C=O) groups excluding carboxylic acids is 1. The summed E-state index contributed by atoms with van der Waals surface area (Å²) >= 11 is 0. The molecular weight excluding hydrogens is 269 g/mol. The van der Waals surface area contributed by atoms with E-state index in [9.17, 15) is 9.18 Å². The molecule has 0 saturated carbocycles. The zero-order valence-electron chi connectivity index (χ0n) is 11.8. The van der Waals surface area contributed by atoms with Gasteiger partial charge < -0.3 is 10.1 Å². The Morgan fingerprint density at radius 1 is 1.19 bits per heavy atom. The first-order chi connectivity index (χ1) is 10.2. The molecule has 3 rings (SSSR count). The van der Waals surface area contributed by atoms with Crippen molar-refractivity contribution in [2.24, 2.45) is 0 Å². The lowest BCUT2D eigenvalue weighted by atomic mass is 9.95. The van der Waals surface area contributed by atoms with Crippen LogP contribution in [0.15, 0.2) is 36.4 Å². The largest absolute Gasteiger partial charge is 0.496 e. The molecule has 0 amide bonds. The minimum atomic E-state index is -0.446. The van der Waals surface area contributed by atoms with Gasteiger partial charge in [0.15, 0.2) is 5.78 Å². The van der Waals surface area contributed by atoms with Crippen LogP contribution in [0.1, 0.15) is 27.0 Å². The van der Waals surface area contributed by atoms with Crippen LogP contribution in [0.2, 0.25) is 0 Å². The first-order valence-electron chi connectivity index (χ1n) is 6.90. The van der Waals surface area contributed by atoms with E-state index in [1.54, 1.807) is 6.07 Å². The molecule has 2 aromatic carbocycles. The van der Waals surface area contributed by atoms with Crippen LogP contribution >= 0.6 is 0 Å². The SMILES string of the molecule is COc1ccc(F)cc1C(=O)c1ccc2c(c1)CNCC2. The van der Waals surface area contributed by atoms with Crippen molar-refractivity contribution in [3.8, 4) is 5.75 Å². The van der Waals surface area contributed by atoms with E-state index < -0.39 is 5.82 Å². The maximum Gasteiger partial charge on any atom is 0.196 e. The molecule has 0 bridgehead atoms. The van der Waals surface area contributed by atoms with E-state index in [-0.39, 0.29) is 11.3 Å². The summed E-state index contributed by atoms with van der Waals surface area (Å²) in [6.45, 7) is 1.72. The first-order valence-corrected chi connectivity index (χ1v) is 6.90. The van der Waals surface area contributed by atoms with Crippen molar-refractivity contribution in [1.29, 1.82) is 0 Å². The molecule has 108 valence electrons. The Balaban J connectivity index is 2.00. The molecule has 2 aromatic rings. The molecule has 0 unspecified atom stereocenters. The van der Waals surface area contributed by atoms with Crippen molar-refractivity contribution >= 4 is 5.78 Å². The van der Waals surface area contributed by atoms with Crippen molar-refractivity contribution < 1.29 is 13.9 Å². The van der Waals surface area contributed by atoms with Gasteiger partial charge in [-0.05, 0) is 48.4 Å². The molecule has 3 nitrogen and oxygen atoms in total. The van der Waals surface area contributed by atoms with E-state index in [0.717, 1.165) is 25.1 Å². The fourth-order valence-corrected chi connectivity index (χ4v) is 2.63. The molecule has 1 heterocycles. The van der Waals surface area contributed by atoms with Crippen LogP contribution in [0.4, 0.5) is 4.39 Å². The number of halogens is 1. The number of fused-ring (bicyclic) bond motifs is 1. The number of rotatable bonds is 3. The quantitative estimate of drug-likeness (QED) is 0.881. The summed E-state index contributed by atoms with van der Waals surface area (Å²) in [7, 11) is 1.47. The van der Waals surface area contributed by atoms with Gasteiger partial charge in [-0.15, -0.1) is 0 Å². The summed E-state index contributed by atoms with van der Waals surface area (Å²) in [5, 5.41) is 3.28. The topological polar surface area (TPSA) is 38.3 Å². The summed E-state index contributed by atoms with van der Waals surface area (Å²) < 4.78 is 18.6. The predicted molar refractivity (Wildman–Crippen MR) is 78.2 cm³/mol. The van der Waals surface area contributed by atoms with Crippen LogP contribution in [0.25, 0.3) is 0 Å². The summed E-state index contributed by atoms with van der Waals surface area (Å²) in [6.07, 6.45) is 0.965. The maximum atomic E-state index is 13.4. The average molecular weight is 285 g/mol. The number of ether oxygens (including phenoxy) is 1. The van der Waals surface area contributed by atoms with E-state index in [1.165, 1.54) is 30.9 Å². The highest BCUT2D eigenvalue weighted by Gasteiger charge is 2.17. The molecule has 21 heavy (non-hydrogen) atoms. The Kier molecular flexibility index (Phi) is 3.71. The van der Waals surface area contributed by atoms with Crippen molar-refractivity contribution in [3.05, 3.63) is 64.5 Å². The van der Waals surface area contributed by atoms with Gasteiger partial charge in [0, 0.05) is 12.1 Å². The van der Waals surface area contributed by atoms with Crippen LogP contribution < -0.4 is 10.1 Å². The van der Waals surface area contributed by atoms with Gasteiger partial charge in [-0.25, -0.2) is 4.39 Å². The van der Waals surface area contributed by atoms with Gasteiger partial charge in [0.25, 0.3) is 0 Å². The fourth-order valence-electron chi connectivity index (χ4n) is 2.63. The van der Waals surface area contributed by atoms with Crippen LogP contribution in [0.5, 0.6) is 5.75 Å². The molecule has 0 radical (unpaired) electrons. The highest BCUT2D eigenvalue weighted by molar-refractivity contribution is 6.10. The molecule has 1 aliphatic rings. The van der Waals surface area contributed by atoms with Gasteiger partial charge >= 0.3 is 0 Å². The molecule has 0 fully saturated rings. The highest BCUT2D eigenvalue weighted by atomic mass is 19.1. The van der Waals surface area contributed by atoms with Crippen LogP contribution in [-0.4, -0.2) is 19.4 Å². The van der Waals surface area contributed by atoms with Crippen molar-refractivity contribution in [3.63, 3.8) is 0 Å². The van der Waals surface area contributed by atoms with E-state index in [4.69, 9.17) is 4.74 Å². The van der Waals surface area contributed by atoms with Crippen LogP contribution in [0.3, 0.4) is 0 Å². The number of carbonyl (C=O) groups is 1. The number of methoxy groups -OCH3 is 1. The molecule has 0 spiro atoms. The van der Waals surface area contributed by atoms with Crippen LogP contribution in [-0.2, 0) is 13.0 Å². The van der Waals surface area contributed by atoms with E-state index in [0.29, 0.717) is 11.3 Å². The summed E-state index contributed by atoms with van der Waals surface area (Å²) in [5.74, 6) is -0.282. The molecular formula is C17H16FNO2. The van der Waals surface area contributed by atoms with Gasteiger partial charge in [-0.3, -0.25) is 4.79 Å². The molecule has 4 heteroatoms. The molecule has 0 aromatic heterocycles. The molecule has 1 aliphatic heterocycles.